The number of nitrogens with one attached hydrogen (secondary N) is 1. The minimum absolute atomic E-state index is 0.0728. The number of halogens is 1. The summed E-state index contributed by atoms with van der Waals surface area (Å²) in [5, 5.41) is 7.17. The molecule has 0 aliphatic rings. The van der Waals surface area contributed by atoms with Crippen LogP contribution in [0.2, 0.25) is 0 Å². The minimum Gasteiger partial charge on any atom is -0.465 e. The lowest BCUT2D eigenvalue weighted by Gasteiger charge is -2.07. The van der Waals surface area contributed by atoms with Crippen LogP contribution >= 0.6 is 22.6 Å². The Morgan fingerprint density at radius 2 is 2.17 bits per heavy atom. The summed E-state index contributed by atoms with van der Waals surface area (Å²) in [7, 11) is 0. The van der Waals surface area contributed by atoms with Gasteiger partial charge in [0.2, 0.25) is 5.91 Å². The maximum atomic E-state index is 11.7. The second-order valence-corrected chi connectivity index (χ2v) is 5.59. The number of rotatable bonds is 7. The zero-order chi connectivity index (χ0) is 17.4. The van der Waals surface area contributed by atoms with Crippen molar-refractivity contribution < 1.29 is 14.3 Å². The van der Waals surface area contributed by atoms with Gasteiger partial charge >= 0.3 is 5.97 Å². The van der Waals surface area contributed by atoms with E-state index in [0.717, 1.165) is 9.14 Å². The predicted molar refractivity (Wildman–Crippen MR) is 98.9 cm³/mol. The van der Waals surface area contributed by atoms with Crippen molar-refractivity contribution in [1.29, 1.82) is 0 Å². The van der Waals surface area contributed by atoms with Gasteiger partial charge in [0.05, 0.1) is 10.2 Å². The highest BCUT2D eigenvalue weighted by Crippen LogP contribution is 2.28. The Morgan fingerprint density at radius 1 is 1.48 bits per heavy atom. The fourth-order valence-electron chi connectivity index (χ4n) is 1.87. The summed E-state index contributed by atoms with van der Waals surface area (Å²) in [5.74, 6) is -0.176. The molecule has 0 spiro atoms. The smallest absolute Gasteiger partial charge is 0.327 e. The lowest BCUT2D eigenvalue weighted by atomic mass is 10.1. The zero-order valence-corrected chi connectivity index (χ0v) is 15.6. The second-order valence-electron chi connectivity index (χ2n) is 4.51. The number of allylic oxidation sites excluding steroid dienone is 5. The number of hydrogen-bond acceptors (Lipinski definition) is 4. The van der Waals surface area contributed by atoms with Gasteiger partial charge in [-0.15, -0.1) is 0 Å². The molecular weight excluding hydrogens is 409 g/mol. The molecule has 0 atom stereocenters. The summed E-state index contributed by atoms with van der Waals surface area (Å²) in [6.07, 6.45) is 7.25. The van der Waals surface area contributed by atoms with Crippen molar-refractivity contribution >= 4 is 45.9 Å². The van der Waals surface area contributed by atoms with E-state index in [4.69, 9.17) is 4.74 Å². The van der Waals surface area contributed by atoms with Gasteiger partial charge in [-0.05, 0) is 36.4 Å². The van der Waals surface area contributed by atoms with E-state index in [1.54, 1.807) is 13.0 Å². The van der Waals surface area contributed by atoms with Crippen LogP contribution in [-0.4, -0.2) is 28.3 Å². The first-order valence-electron chi connectivity index (χ1n) is 7.09. The Hall–Kier alpha value is -1.90. The molecule has 124 valence electrons. The molecule has 1 amide bonds. The Labute approximate surface area is 149 Å². The SMILES string of the molecule is C=C/C=C(\C=C/C)c1nn(CC(=O)OCC)c(NC(C)=O)c1I. The molecule has 1 rings (SSSR count). The van der Waals surface area contributed by atoms with Crippen LogP contribution in [0.4, 0.5) is 5.82 Å². The number of carbonyl (C=O) groups excluding carboxylic acids is 2. The van der Waals surface area contributed by atoms with Gasteiger partial charge in [-0.2, -0.15) is 5.10 Å². The van der Waals surface area contributed by atoms with Crippen molar-refractivity contribution in [1.82, 2.24) is 9.78 Å². The molecule has 0 saturated heterocycles. The summed E-state index contributed by atoms with van der Waals surface area (Å²) in [6, 6.07) is 0. The van der Waals surface area contributed by atoms with E-state index in [1.807, 2.05) is 25.2 Å². The van der Waals surface area contributed by atoms with E-state index >= 15 is 0 Å². The van der Waals surface area contributed by atoms with Crippen molar-refractivity contribution in [3.05, 3.63) is 40.1 Å². The maximum Gasteiger partial charge on any atom is 0.327 e. The van der Waals surface area contributed by atoms with Crippen LogP contribution < -0.4 is 5.32 Å². The molecule has 1 heterocycles. The molecule has 0 aliphatic carbocycles. The fraction of sp³-hybridized carbons (Fsp3) is 0.312. The van der Waals surface area contributed by atoms with E-state index in [-0.39, 0.29) is 12.5 Å². The van der Waals surface area contributed by atoms with E-state index in [0.29, 0.717) is 18.1 Å². The van der Waals surface area contributed by atoms with Crippen molar-refractivity contribution in [2.75, 3.05) is 11.9 Å². The monoisotopic (exact) mass is 429 g/mol. The number of nitrogens with zero attached hydrogens (tertiary/aromatic N) is 2. The average molecular weight is 429 g/mol. The van der Waals surface area contributed by atoms with Crippen LogP contribution in [0.3, 0.4) is 0 Å². The van der Waals surface area contributed by atoms with Gasteiger partial charge in [-0.25, -0.2) is 4.68 Å². The maximum absolute atomic E-state index is 11.7. The summed E-state index contributed by atoms with van der Waals surface area (Å²) in [5.41, 5.74) is 1.50. The van der Waals surface area contributed by atoms with Gasteiger partial charge < -0.3 is 10.1 Å². The van der Waals surface area contributed by atoms with Gasteiger partial charge in [0.1, 0.15) is 18.1 Å². The quantitative estimate of drug-likeness (QED) is 0.411. The highest BCUT2D eigenvalue weighted by molar-refractivity contribution is 14.1. The van der Waals surface area contributed by atoms with E-state index in [9.17, 15) is 9.59 Å². The van der Waals surface area contributed by atoms with Crippen molar-refractivity contribution in [3.8, 4) is 0 Å². The van der Waals surface area contributed by atoms with Crippen LogP contribution in [0.1, 0.15) is 26.5 Å². The number of esters is 1. The molecule has 7 heteroatoms. The molecule has 6 nitrogen and oxygen atoms in total. The first kappa shape index (κ1) is 19.1. The molecule has 0 saturated carbocycles. The number of anilines is 1. The normalized spacial score (nSPS) is 11.6. The van der Waals surface area contributed by atoms with Gasteiger partial charge in [-0.1, -0.05) is 30.9 Å². The summed E-state index contributed by atoms with van der Waals surface area (Å²) in [4.78, 5) is 23.2. The molecule has 0 bridgehead atoms. The molecule has 1 N–H and O–H groups in total. The first-order valence-corrected chi connectivity index (χ1v) is 8.17. The molecule has 0 aromatic carbocycles. The van der Waals surface area contributed by atoms with Crippen LogP contribution in [0.15, 0.2) is 30.9 Å². The van der Waals surface area contributed by atoms with Crippen LogP contribution in [0, 0.1) is 3.57 Å². The number of ether oxygens (including phenoxy) is 1. The molecule has 23 heavy (non-hydrogen) atoms. The molecule has 1 aromatic rings. The number of amides is 1. The largest absolute Gasteiger partial charge is 0.465 e. The minimum atomic E-state index is -0.412. The molecule has 0 radical (unpaired) electrons. The predicted octanol–water partition coefficient (Wildman–Crippen LogP) is 3.15. The fourth-order valence-corrected chi connectivity index (χ4v) is 2.71. The van der Waals surface area contributed by atoms with Gasteiger partial charge in [-0.3, -0.25) is 9.59 Å². The molecule has 0 aliphatic heterocycles. The van der Waals surface area contributed by atoms with Gasteiger partial charge in [0.25, 0.3) is 0 Å². The Kier molecular flexibility index (Phi) is 7.73. The Morgan fingerprint density at radius 3 is 2.70 bits per heavy atom. The molecule has 0 fully saturated rings. The van der Waals surface area contributed by atoms with E-state index in [1.165, 1.54) is 11.6 Å². The van der Waals surface area contributed by atoms with Crippen LogP contribution in [0.5, 0.6) is 0 Å². The van der Waals surface area contributed by atoms with E-state index < -0.39 is 5.97 Å². The Bertz CT molecular complexity index is 660. The van der Waals surface area contributed by atoms with Gasteiger partial charge in [0.15, 0.2) is 0 Å². The van der Waals surface area contributed by atoms with E-state index in [2.05, 4.69) is 39.6 Å². The molecular formula is C16H20IN3O3. The van der Waals surface area contributed by atoms with Crippen molar-refractivity contribution in [2.45, 2.75) is 27.3 Å². The third-order valence-corrected chi connectivity index (χ3v) is 3.71. The standard InChI is InChI=1S/C16H20IN3O3/c1-5-8-12(9-6-2)15-14(17)16(18-11(4)21)20(19-15)10-13(22)23-7-3/h5-6,8-9H,1,7,10H2,2-4H3,(H,18,21)/b9-6-,12-8+. The first-order chi connectivity index (χ1) is 10.9. The number of carbonyl (C=O) groups is 2. The summed E-state index contributed by atoms with van der Waals surface area (Å²) < 4.78 is 7.14. The van der Waals surface area contributed by atoms with Crippen LogP contribution in [-0.2, 0) is 20.9 Å². The topological polar surface area (TPSA) is 73.2 Å². The highest BCUT2D eigenvalue weighted by Gasteiger charge is 2.20. The molecule has 1 aromatic heterocycles. The second kappa shape index (κ2) is 9.29. The van der Waals surface area contributed by atoms with Crippen molar-refractivity contribution in [2.24, 2.45) is 0 Å². The van der Waals surface area contributed by atoms with Crippen LogP contribution in [0.25, 0.3) is 5.57 Å². The van der Waals surface area contributed by atoms with Gasteiger partial charge in [0, 0.05) is 12.5 Å². The lowest BCUT2D eigenvalue weighted by molar-refractivity contribution is -0.144. The summed E-state index contributed by atoms with van der Waals surface area (Å²) in [6.45, 7) is 8.96. The third kappa shape index (κ3) is 5.34. The lowest BCUT2D eigenvalue weighted by Crippen LogP contribution is -2.18. The molecule has 0 unspecified atom stereocenters. The van der Waals surface area contributed by atoms with Crippen molar-refractivity contribution in [3.63, 3.8) is 0 Å². The summed E-state index contributed by atoms with van der Waals surface area (Å²) >= 11 is 2.10. The average Bonchev–Trinajstić information content (AvgIpc) is 2.76. The zero-order valence-electron chi connectivity index (χ0n) is 13.4. The third-order valence-electron chi connectivity index (χ3n) is 2.69. The number of hydrogen-bond donors (Lipinski definition) is 1. The Balaban J connectivity index is 3.36. The number of aromatic nitrogens is 2. The highest BCUT2D eigenvalue weighted by atomic mass is 127.